The summed E-state index contributed by atoms with van der Waals surface area (Å²) in [4.78, 5) is 11.8. The van der Waals surface area contributed by atoms with Crippen molar-refractivity contribution in [1.29, 1.82) is 0 Å². The van der Waals surface area contributed by atoms with Gasteiger partial charge in [-0.2, -0.15) is 15.0 Å². The number of nitrogens with zero attached hydrogens (tertiary/aromatic N) is 3. The van der Waals surface area contributed by atoms with E-state index in [4.69, 9.17) is 46.4 Å². The maximum Gasteiger partial charge on any atom is 0.230 e. The van der Waals surface area contributed by atoms with Crippen molar-refractivity contribution in [1.82, 2.24) is 15.0 Å². The first-order chi connectivity index (χ1) is 9.03. The minimum Gasteiger partial charge on any atom is -0.370 e. The Balaban J connectivity index is 2.91. The molecule has 0 aromatic carbocycles. The number of hydrogen-bond donors (Lipinski definition) is 3. The number of hydrogen-bond acceptors (Lipinski definition) is 6. The van der Waals surface area contributed by atoms with Gasteiger partial charge in [-0.25, -0.2) is 0 Å². The lowest BCUT2D eigenvalue weighted by molar-refractivity contribution is 0.190. The third-order valence-electron chi connectivity index (χ3n) is 1.94. The molecule has 0 saturated heterocycles. The highest BCUT2D eigenvalue weighted by Gasteiger charge is 2.33. The van der Waals surface area contributed by atoms with Gasteiger partial charge in [0.05, 0.1) is 5.88 Å². The summed E-state index contributed by atoms with van der Waals surface area (Å²) in [6.45, 7) is 5.80. The summed E-state index contributed by atoms with van der Waals surface area (Å²) in [7, 11) is 0. The number of halogens is 4. The van der Waals surface area contributed by atoms with Gasteiger partial charge >= 0.3 is 0 Å². The molecule has 1 unspecified atom stereocenters. The molecule has 0 saturated carbocycles. The molecule has 1 atom stereocenters. The van der Waals surface area contributed by atoms with Crippen molar-refractivity contribution in [3.63, 3.8) is 0 Å². The Bertz CT molecular complexity index is 465. The Morgan fingerprint density at radius 3 is 2.20 bits per heavy atom. The summed E-state index contributed by atoms with van der Waals surface area (Å²) < 4.78 is -1.59. The topological polar surface area (TPSA) is 83.0 Å². The van der Waals surface area contributed by atoms with E-state index in [1.807, 2.05) is 20.8 Å². The minimum absolute atomic E-state index is 0.0278. The maximum absolute atomic E-state index is 9.82. The van der Waals surface area contributed by atoms with Crippen molar-refractivity contribution in [2.45, 2.75) is 36.9 Å². The molecule has 0 bridgehead atoms. The molecule has 20 heavy (non-hydrogen) atoms. The van der Waals surface area contributed by atoms with Crippen molar-refractivity contribution >= 4 is 58.3 Å². The van der Waals surface area contributed by atoms with Crippen LogP contribution in [0.25, 0.3) is 0 Å². The zero-order chi connectivity index (χ0) is 15.6. The first kappa shape index (κ1) is 17.8. The Morgan fingerprint density at radius 1 is 1.15 bits per heavy atom. The molecule has 0 aliphatic rings. The molecule has 6 nitrogen and oxygen atoms in total. The molecule has 10 heteroatoms. The van der Waals surface area contributed by atoms with Crippen molar-refractivity contribution < 1.29 is 5.11 Å². The molecule has 1 heterocycles. The Labute approximate surface area is 137 Å². The highest BCUT2D eigenvalue weighted by molar-refractivity contribution is 6.52. The quantitative estimate of drug-likeness (QED) is 0.551. The average Bonchev–Trinajstić information content (AvgIpc) is 2.25. The first-order valence-corrected chi connectivity index (χ1v) is 7.28. The molecule has 3 N–H and O–H groups in total. The smallest absolute Gasteiger partial charge is 0.230 e. The van der Waals surface area contributed by atoms with E-state index in [1.165, 1.54) is 0 Å². The SMILES string of the molecule is CC(C)(C)Nc1nc(Cl)nc(NC(O)C(Cl)(Cl)CCl)n1. The predicted molar refractivity (Wildman–Crippen MR) is 83.0 cm³/mol. The number of aliphatic hydroxyl groups is 1. The third kappa shape index (κ3) is 5.61. The highest BCUT2D eigenvalue weighted by atomic mass is 35.5. The Kier molecular flexibility index (Phi) is 5.92. The van der Waals surface area contributed by atoms with E-state index in [0.29, 0.717) is 0 Å². The van der Waals surface area contributed by atoms with Crippen LogP contribution in [0.15, 0.2) is 0 Å². The number of anilines is 2. The van der Waals surface area contributed by atoms with Crippen LogP contribution in [0.5, 0.6) is 0 Å². The molecule has 0 amide bonds. The van der Waals surface area contributed by atoms with Gasteiger partial charge in [-0.05, 0) is 32.4 Å². The molecule has 0 aliphatic carbocycles. The fraction of sp³-hybridized carbons (Fsp3) is 0.700. The number of alkyl halides is 3. The molecule has 1 rings (SSSR count). The average molecular weight is 363 g/mol. The van der Waals surface area contributed by atoms with Crippen LogP contribution >= 0.6 is 46.4 Å². The Morgan fingerprint density at radius 2 is 1.70 bits per heavy atom. The van der Waals surface area contributed by atoms with Crippen LogP contribution in [-0.4, -0.2) is 42.0 Å². The van der Waals surface area contributed by atoms with Gasteiger partial charge in [0.25, 0.3) is 0 Å². The van der Waals surface area contributed by atoms with Crippen molar-refractivity contribution in [3.8, 4) is 0 Å². The second-order valence-electron chi connectivity index (χ2n) is 5.07. The minimum atomic E-state index is -1.59. The van der Waals surface area contributed by atoms with E-state index >= 15 is 0 Å². The summed E-state index contributed by atoms with van der Waals surface area (Å²) in [6.07, 6.45) is -1.37. The first-order valence-electron chi connectivity index (χ1n) is 5.61. The monoisotopic (exact) mass is 361 g/mol. The lowest BCUT2D eigenvalue weighted by Gasteiger charge is -2.24. The lowest BCUT2D eigenvalue weighted by atomic mass is 10.1. The van der Waals surface area contributed by atoms with Crippen LogP contribution in [0.3, 0.4) is 0 Å². The maximum atomic E-state index is 9.82. The van der Waals surface area contributed by atoms with E-state index in [1.54, 1.807) is 0 Å². The summed E-state index contributed by atoms with van der Waals surface area (Å²) in [5.74, 6) is 0.101. The van der Waals surface area contributed by atoms with E-state index in [-0.39, 0.29) is 28.6 Å². The van der Waals surface area contributed by atoms with Gasteiger partial charge in [0.15, 0.2) is 10.6 Å². The van der Waals surface area contributed by atoms with Crippen LogP contribution in [0.4, 0.5) is 11.9 Å². The van der Waals surface area contributed by atoms with Crippen LogP contribution in [-0.2, 0) is 0 Å². The van der Waals surface area contributed by atoms with Gasteiger partial charge in [0, 0.05) is 5.54 Å². The van der Waals surface area contributed by atoms with Crippen LogP contribution in [0.1, 0.15) is 20.8 Å². The summed E-state index contributed by atoms with van der Waals surface area (Å²) in [6, 6.07) is 0. The van der Waals surface area contributed by atoms with E-state index in [2.05, 4.69) is 25.6 Å². The normalized spacial score (nSPS) is 14.0. The molecule has 0 spiro atoms. The molecule has 0 fully saturated rings. The Hall–Kier alpha value is -0.270. The van der Waals surface area contributed by atoms with E-state index < -0.39 is 10.6 Å². The largest absolute Gasteiger partial charge is 0.370 e. The fourth-order valence-electron chi connectivity index (χ4n) is 1.11. The summed E-state index contributed by atoms with van der Waals surface area (Å²) in [5, 5.41) is 15.3. The molecule has 0 radical (unpaired) electrons. The third-order valence-corrected chi connectivity index (χ3v) is 3.48. The molecule has 0 aliphatic heterocycles. The summed E-state index contributed by atoms with van der Waals surface area (Å²) >= 11 is 23.0. The van der Waals surface area contributed by atoms with Crippen molar-refractivity contribution in [2.24, 2.45) is 0 Å². The number of rotatable bonds is 5. The van der Waals surface area contributed by atoms with E-state index in [0.717, 1.165) is 0 Å². The summed E-state index contributed by atoms with van der Waals surface area (Å²) in [5.41, 5.74) is -0.264. The second kappa shape index (κ2) is 6.66. The number of aromatic nitrogens is 3. The standard InChI is InChI=1S/C10H15Cl4N5O/c1-9(2,3)19-8-17-6(12)16-7(18-8)15-5(20)10(13,14)4-11/h5,20H,4H2,1-3H3,(H2,15,16,17,18,19). The number of nitrogens with one attached hydrogen (secondary N) is 2. The number of aliphatic hydroxyl groups excluding tert-OH is 1. The van der Waals surface area contributed by atoms with Gasteiger partial charge in [0.2, 0.25) is 17.2 Å². The molecule has 1 aromatic heterocycles. The highest BCUT2D eigenvalue weighted by Crippen LogP contribution is 2.27. The van der Waals surface area contributed by atoms with E-state index in [9.17, 15) is 5.11 Å². The predicted octanol–water partition coefficient (Wildman–Crippen LogP) is 2.88. The van der Waals surface area contributed by atoms with Gasteiger partial charge in [-0.15, -0.1) is 11.6 Å². The van der Waals surface area contributed by atoms with Crippen LogP contribution in [0, 0.1) is 0 Å². The molecule has 1 aromatic rings. The lowest BCUT2D eigenvalue weighted by Crippen LogP contribution is -2.40. The van der Waals surface area contributed by atoms with Crippen molar-refractivity contribution in [2.75, 3.05) is 16.5 Å². The fourth-order valence-corrected chi connectivity index (χ4v) is 1.52. The molecular weight excluding hydrogens is 348 g/mol. The van der Waals surface area contributed by atoms with Gasteiger partial charge < -0.3 is 15.7 Å². The van der Waals surface area contributed by atoms with Gasteiger partial charge in [-0.3, -0.25) is 0 Å². The van der Waals surface area contributed by atoms with Gasteiger partial charge in [0.1, 0.15) is 0 Å². The van der Waals surface area contributed by atoms with Crippen molar-refractivity contribution in [3.05, 3.63) is 5.28 Å². The van der Waals surface area contributed by atoms with Gasteiger partial charge in [-0.1, -0.05) is 23.2 Å². The zero-order valence-corrected chi connectivity index (χ0v) is 14.1. The van der Waals surface area contributed by atoms with Crippen LogP contribution in [0.2, 0.25) is 5.28 Å². The van der Waals surface area contributed by atoms with Crippen LogP contribution < -0.4 is 10.6 Å². The molecule has 114 valence electrons. The second-order valence-corrected chi connectivity index (χ2v) is 7.22. The molecular formula is C10H15Cl4N5O. The zero-order valence-electron chi connectivity index (χ0n) is 11.1.